The van der Waals surface area contributed by atoms with E-state index in [9.17, 15) is 43.2 Å². The molecule has 3 fully saturated rings. The van der Waals surface area contributed by atoms with E-state index in [1.807, 2.05) is 49.9 Å². The molecule has 0 aliphatic carbocycles. The third-order valence-electron chi connectivity index (χ3n) is 17.5. The molecular formula is C66H96N18O13S. The van der Waals surface area contributed by atoms with Gasteiger partial charge in [0.15, 0.2) is 5.96 Å². The molecule has 16 N–H and O–H groups in total. The fraction of sp³-hybridized carbons (Fsp3) is 0.591. The quantitative estimate of drug-likeness (QED) is 0.0148. The van der Waals surface area contributed by atoms with Crippen molar-refractivity contribution >= 4 is 87.8 Å². The molecule has 2 aromatic heterocycles. The van der Waals surface area contributed by atoms with E-state index in [0.29, 0.717) is 54.3 Å². The van der Waals surface area contributed by atoms with Crippen molar-refractivity contribution in [3.63, 3.8) is 0 Å². The van der Waals surface area contributed by atoms with Crippen LogP contribution in [0.25, 0.3) is 10.9 Å². The normalized spacial score (nSPS) is 23.8. The van der Waals surface area contributed by atoms with Crippen molar-refractivity contribution < 1.29 is 62.2 Å². The van der Waals surface area contributed by atoms with Crippen LogP contribution in [0.15, 0.2) is 67.0 Å². The zero-order chi connectivity index (χ0) is 69.9. The lowest BCUT2D eigenvalue weighted by Crippen LogP contribution is -2.60. The first-order valence-corrected chi connectivity index (χ1v) is 35.0. The van der Waals surface area contributed by atoms with Crippen LogP contribution in [-0.4, -0.2) is 215 Å². The van der Waals surface area contributed by atoms with E-state index >= 15 is 4.79 Å². The van der Waals surface area contributed by atoms with Crippen molar-refractivity contribution in [3.8, 4) is 0 Å². The number of thioether (sulfide) groups is 1. The number of aryl methyl sites for hydroxylation is 1. The van der Waals surface area contributed by atoms with Gasteiger partial charge in [-0.2, -0.15) is 11.8 Å². The Balaban J connectivity index is 0.942. The number of hydrogen-bond donors (Lipinski definition) is 14. The Bertz CT molecular complexity index is 3350. The summed E-state index contributed by atoms with van der Waals surface area (Å²) in [5.41, 5.74) is 13.9. The number of aromatic nitrogens is 4. The number of carbonyl (C=O) groups excluding carboxylic acids is 10. The van der Waals surface area contributed by atoms with Gasteiger partial charge in [0.25, 0.3) is 0 Å². The SMILES string of the molecule is CC(C)C[C@H]1NC(=O)[C@H]2CCCN2C(=O)[C@@H](Cc2c[nH]c3ccccc23)NC(=O)[C@@H](NC(=O)COCCOCCOCCNC(=O)CCCC[C@H]2SC[C@H]3NC(=O)N[C@H]32)Cc2cn(nn2)CCCC[C@@H](C(N)=O)NC(=O)[C@@H](Cc2ccccc2)NC(=O)[C@@H](CCCNC(=N)N)NC1=O. The topological polar surface area (TPSA) is 444 Å². The highest BCUT2D eigenvalue weighted by molar-refractivity contribution is 8.00. The number of fused-ring (bicyclic) bond motifs is 5. The summed E-state index contributed by atoms with van der Waals surface area (Å²) in [6.45, 7) is 4.97. The van der Waals surface area contributed by atoms with Gasteiger partial charge in [0.05, 0.1) is 50.8 Å². The molecule has 2 bridgehead atoms. The van der Waals surface area contributed by atoms with Gasteiger partial charge in [0.2, 0.25) is 53.2 Å². The minimum absolute atomic E-state index is 0.00405. The highest BCUT2D eigenvalue weighted by Crippen LogP contribution is 2.33. The number of ether oxygens (including phenoxy) is 3. The summed E-state index contributed by atoms with van der Waals surface area (Å²) >= 11 is 1.85. The number of hydrogen-bond acceptors (Lipinski definition) is 17. The number of rotatable bonds is 28. The number of nitrogens with two attached hydrogens (primary N) is 2. The summed E-state index contributed by atoms with van der Waals surface area (Å²) in [6.07, 6.45) is 7.85. The molecule has 31 nitrogen and oxygen atoms in total. The maximum atomic E-state index is 15.3. The predicted octanol–water partition coefficient (Wildman–Crippen LogP) is -0.443. The van der Waals surface area contributed by atoms with E-state index in [2.05, 4.69) is 68.5 Å². The standard InChI is InChI=1S/C66H96N18O13S/c1-40(2)32-48-60(89)75-47(19-12-23-71-65(68)69)59(88)76-49(33-41-14-4-3-5-15-41)61(90)74-46(58(67)87)18-10-11-25-83-37-43(81-82-83)35-50(62(91)78-51(34-42-36-72-45-17-7-6-16-44(42)45)64(93)84-26-13-20-53(84)63(92)77-48)73-56(86)38-97-31-30-96-29-28-95-27-24-70-55(85)22-9-8-21-54-57-52(39-98-54)79-66(94)80-57/h3-7,14-17,36-37,40,46-54,57,72H,8-13,18-35,38-39H2,1-2H3,(H2,67,87)(H,70,85)(H,73,86)(H,74,90)(H,75,89)(H,76,88)(H,77,92)(H,78,91)(H4,68,69,71)(H2,79,80,94)/t46-,47+,48+,49+,50-,51+,52+,53+,54+,57+/m0/s1. The summed E-state index contributed by atoms with van der Waals surface area (Å²) in [5, 5.41) is 45.8. The number of nitrogens with one attached hydrogen (secondary N) is 12. The van der Waals surface area contributed by atoms with Gasteiger partial charge in [-0.05, 0) is 87.3 Å². The first-order chi connectivity index (χ1) is 47.3. The molecule has 534 valence electrons. The number of urea groups is 1. The largest absolute Gasteiger partial charge is 0.377 e. The summed E-state index contributed by atoms with van der Waals surface area (Å²) in [6, 6.07) is 7.80. The van der Waals surface area contributed by atoms with Gasteiger partial charge in [0.1, 0.15) is 48.9 Å². The highest BCUT2D eigenvalue weighted by atomic mass is 32.2. The van der Waals surface area contributed by atoms with Crippen LogP contribution in [0.3, 0.4) is 0 Å². The summed E-state index contributed by atoms with van der Waals surface area (Å²) in [7, 11) is 0. The van der Waals surface area contributed by atoms with Crippen molar-refractivity contribution in [1.82, 2.24) is 78.0 Å². The molecule has 11 amide bonds. The Morgan fingerprint density at radius 1 is 0.694 bits per heavy atom. The Hall–Kier alpha value is -8.88. The molecule has 4 aliphatic rings. The number of guanidine groups is 1. The average Bonchev–Trinajstić information content (AvgIpc) is 1.78. The predicted molar refractivity (Wildman–Crippen MR) is 363 cm³/mol. The Labute approximate surface area is 573 Å². The van der Waals surface area contributed by atoms with Crippen LogP contribution in [0.4, 0.5) is 4.79 Å². The molecule has 0 saturated carbocycles. The van der Waals surface area contributed by atoms with Gasteiger partial charge >= 0.3 is 6.03 Å². The molecule has 0 unspecified atom stereocenters. The number of unbranched alkanes of at least 4 members (excludes halogenated alkanes) is 1. The van der Waals surface area contributed by atoms with Gasteiger partial charge in [-0.15, -0.1) is 5.10 Å². The first-order valence-electron chi connectivity index (χ1n) is 33.9. The van der Waals surface area contributed by atoms with E-state index < -0.39 is 96.2 Å². The summed E-state index contributed by atoms with van der Waals surface area (Å²) in [4.78, 5) is 144. The second kappa shape index (κ2) is 38.3. The van der Waals surface area contributed by atoms with Gasteiger partial charge in [-0.25, -0.2) is 4.79 Å². The third-order valence-corrected chi connectivity index (χ3v) is 19.0. The van der Waals surface area contributed by atoms with Gasteiger partial charge in [-0.1, -0.05) is 74.0 Å². The smallest absolute Gasteiger partial charge is 0.315 e. The van der Waals surface area contributed by atoms with Crippen LogP contribution < -0.4 is 64.6 Å². The maximum absolute atomic E-state index is 15.3. The van der Waals surface area contributed by atoms with Crippen molar-refractivity contribution in [3.05, 3.63) is 83.8 Å². The molecule has 3 saturated heterocycles. The molecule has 4 aromatic rings. The van der Waals surface area contributed by atoms with E-state index in [1.165, 1.54) is 9.58 Å². The van der Waals surface area contributed by atoms with Gasteiger partial charge < -0.3 is 88.7 Å². The fourth-order valence-electron chi connectivity index (χ4n) is 12.5. The molecule has 6 heterocycles. The van der Waals surface area contributed by atoms with Crippen LogP contribution in [0.1, 0.15) is 108 Å². The number of aromatic amines is 1. The molecule has 32 heteroatoms. The van der Waals surface area contributed by atoms with E-state index in [-0.39, 0.29) is 140 Å². The molecule has 2 aromatic carbocycles. The van der Waals surface area contributed by atoms with Crippen LogP contribution in [0.5, 0.6) is 0 Å². The Kier molecular flexibility index (Phi) is 29.3. The summed E-state index contributed by atoms with van der Waals surface area (Å²) < 4.78 is 18.5. The van der Waals surface area contributed by atoms with Crippen molar-refractivity contribution in [1.29, 1.82) is 5.41 Å². The van der Waals surface area contributed by atoms with Crippen molar-refractivity contribution in [2.24, 2.45) is 17.4 Å². The zero-order valence-electron chi connectivity index (χ0n) is 55.7. The van der Waals surface area contributed by atoms with Crippen LogP contribution in [0, 0.1) is 11.3 Å². The first kappa shape index (κ1) is 74.9. The number of benzene rings is 2. The number of H-pyrrole nitrogens is 1. The second-order valence-corrected chi connectivity index (χ2v) is 26.8. The highest BCUT2D eigenvalue weighted by Gasteiger charge is 2.43. The molecule has 4 aliphatic heterocycles. The van der Waals surface area contributed by atoms with Crippen LogP contribution in [0.2, 0.25) is 0 Å². The lowest BCUT2D eigenvalue weighted by Gasteiger charge is -2.31. The monoisotopic (exact) mass is 1380 g/mol. The van der Waals surface area contributed by atoms with E-state index in [0.717, 1.165) is 35.9 Å². The van der Waals surface area contributed by atoms with Crippen LogP contribution in [-0.2, 0) is 83.2 Å². The molecular weight excluding hydrogens is 1280 g/mol. The molecule has 98 heavy (non-hydrogen) atoms. The van der Waals surface area contributed by atoms with Crippen molar-refractivity contribution in [2.75, 3.05) is 65.0 Å². The molecule has 0 spiro atoms. The number of nitrogens with zero attached hydrogens (tertiary/aromatic N) is 4. The zero-order valence-corrected chi connectivity index (χ0v) is 56.6. The van der Waals surface area contributed by atoms with Crippen molar-refractivity contribution in [2.45, 2.75) is 176 Å². The molecule has 10 atom stereocenters. The minimum Gasteiger partial charge on any atom is -0.377 e. The number of para-hydroxylation sites is 1. The minimum atomic E-state index is -1.35. The Morgan fingerprint density at radius 3 is 2.18 bits per heavy atom. The second-order valence-electron chi connectivity index (χ2n) is 25.6. The van der Waals surface area contributed by atoms with E-state index in [1.54, 1.807) is 42.7 Å². The summed E-state index contributed by atoms with van der Waals surface area (Å²) in [5.74, 6) is -5.31. The maximum Gasteiger partial charge on any atom is 0.315 e. The third kappa shape index (κ3) is 23.4. The Morgan fingerprint density at radius 2 is 1.41 bits per heavy atom. The fourth-order valence-corrected chi connectivity index (χ4v) is 14.0. The number of primary amides is 1. The average molecular weight is 1380 g/mol. The number of carbonyl (C=O) groups is 10. The van der Waals surface area contributed by atoms with Crippen LogP contribution >= 0.6 is 11.8 Å². The van der Waals surface area contributed by atoms with Gasteiger partial charge in [-0.3, -0.25) is 53.2 Å². The van der Waals surface area contributed by atoms with Gasteiger partial charge in [0, 0.05) is 86.2 Å². The molecule has 8 rings (SSSR count). The lowest BCUT2D eigenvalue weighted by molar-refractivity contribution is -0.142. The lowest BCUT2D eigenvalue weighted by atomic mass is 10.0. The van der Waals surface area contributed by atoms with E-state index in [4.69, 9.17) is 31.1 Å². The molecule has 0 radical (unpaired) electrons. The number of amides is 11.